The highest BCUT2D eigenvalue weighted by Gasteiger charge is 2.13. The summed E-state index contributed by atoms with van der Waals surface area (Å²) < 4.78 is 9.87. The number of carbonyl (C=O) groups excluding carboxylic acids is 1. The van der Waals surface area contributed by atoms with E-state index in [2.05, 4.69) is 14.9 Å². The van der Waals surface area contributed by atoms with Crippen LogP contribution in [0.25, 0.3) is 11.4 Å². The number of benzene rings is 1. The maximum absolute atomic E-state index is 11.2. The number of rotatable bonds is 6. The van der Waals surface area contributed by atoms with Crippen molar-refractivity contribution in [3.63, 3.8) is 0 Å². The van der Waals surface area contributed by atoms with Crippen LogP contribution in [0.3, 0.4) is 0 Å². The molecule has 0 bridgehead atoms. The molecule has 21 heavy (non-hydrogen) atoms. The van der Waals surface area contributed by atoms with Crippen LogP contribution in [0.15, 0.2) is 28.8 Å². The van der Waals surface area contributed by atoms with Gasteiger partial charge in [-0.2, -0.15) is 4.98 Å². The molecule has 2 aromatic rings. The zero-order valence-corrected chi connectivity index (χ0v) is 13.1. The third-order valence-electron chi connectivity index (χ3n) is 2.95. The lowest BCUT2D eigenvalue weighted by atomic mass is 10.1. The number of aromatic nitrogens is 2. The zero-order valence-electron chi connectivity index (χ0n) is 12.3. The van der Waals surface area contributed by atoms with Crippen LogP contribution in [0.1, 0.15) is 24.8 Å². The second kappa shape index (κ2) is 7.26. The van der Waals surface area contributed by atoms with Crippen LogP contribution in [-0.4, -0.2) is 28.5 Å². The highest BCUT2D eigenvalue weighted by atomic mass is 32.2. The molecule has 0 aliphatic heterocycles. The van der Waals surface area contributed by atoms with Gasteiger partial charge in [-0.1, -0.05) is 41.9 Å². The second-order valence-electron chi connectivity index (χ2n) is 4.78. The number of carbonyl (C=O) groups is 1. The molecule has 0 aliphatic carbocycles. The summed E-state index contributed by atoms with van der Waals surface area (Å²) in [6.45, 7) is 4.00. The second-order valence-corrected chi connectivity index (χ2v) is 6.21. The first kappa shape index (κ1) is 15.6. The van der Waals surface area contributed by atoms with Crippen molar-refractivity contribution in [3.05, 3.63) is 35.7 Å². The van der Waals surface area contributed by atoms with E-state index in [1.165, 1.54) is 12.7 Å². The van der Waals surface area contributed by atoms with Crippen molar-refractivity contribution in [1.82, 2.24) is 10.1 Å². The summed E-state index contributed by atoms with van der Waals surface area (Å²) in [5.74, 6) is 1.52. The topological polar surface area (TPSA) is 65.2 Å². The molecular formula is C15H18N2O3S. The van der Waals surface area contributed by atoms with Gasteiger partial charge in [0.15, 0.2) is 0 Å². The molecule has 1 heterocycles. The van der Waals surface area contributed by atoms with E-state index in [-0.39, 0.29) is 11.2 Å². The average molecular weight is 306 g/mol. The third kappa shape index (κ3) is 4.60. The van der Waals surface area contributed by atoms with Gasteiger partial charge in [0.05, 0.1) is 19.3 Å². The van der Waals surface area contributed by atoms with Gasteiger partial charge in [-0.05, 0) is 6.92 Å². The first-order valence-electron chi connectivity index (χ1n) is 6.66. The number of hydrogen-bond acceptors (Lipinski definition) is 6. The molecule has 0 amide bonds. The number of nitrogens with zero attached hydrogens (tertiary/aromatic N) is 2. The van der Waals surface area contributed by atoms with E-state index in [4.69, 9.17) is 4.52 Å². The summed E-state index contributed by atoms with van der Waals surface area (Å²) in [6, 6.07) is 7.96. The Morgan fingerprint density at radius 2 is 2.10 bits per heavy atom. The molecule has 112 valence electrons. The van der Waals surface area contributed by atoms with Crippen molar-refractivity contribution < 1.29 is 14.1 Å². The van der Waals surface area contributed by atoms with E-state index in [0.29, 0.717) is 23.9 Å². The Morgan fingerprint density at radius 1 is 1.38 bits per heavy atom. The molecule has 0 radical (unpaired) electrons. The highest BCUT2D eigenvalue weighted by Crippen LogP contribution is 2.22. The van der Waals surface area contributed by atoms with Gasteiger partial charge >= 0.3 is 5.97 Å². The van der Waals surface area contributed by atoms with Gasteiger partial charge in [0.25, 0.3) is 0 Å². The fourth-order valence-corrected chi connectivity index (χ4v) is 2.52. The Hall–Kier alpha value is -1.82. The van der Waals surface area contributed by atoms with E-state index in [0.717, 1.165) is 5.56 Å². The van der Waals surface area contributed by atoms with Crippen molar-refractivity contribution in [2.24, 2.45) is 0 Å². The number of hydrogen-bond donors (Lipinski definition) is 0. The monoisotopic (exact) mass is 306 g/mol. The summed E-state index contributed by atoms with van der Waals surface area (Å²) >= 11 is 1.59. The van der Waals surface area contributed by atoms with Crippen molar-refractivity contribution in [3.8, 4) is 11.4 Å². The lowest BCUT2D eigenvalue weighted by Gasteiger charge is -2.07. The fraction of sp³-hybridized carbons (Fsp3) is 0.400. The lowest BCUT2D eigenvalue weighted by Crippen LogP contribution is -2.08. The van der Waals surface area contributed by atoms with Crippen molar-refractivity contribution in [2.75, 3.05) is 7.11 Å². The lowest BCUT2D eigenvalue weighted by molar-refractivity contribution is -0.140. The molecule has 1 unspecified atom stereocenters. The van der Waals surface area contributed by atoms with Crippen molar-refractivity contribution >= 4 is 17.7 Å². The number of methoxy groups -OCH3 is 1. The van der Waals surface area contributed by atoms with Crippen LogP contribution < -0.4 is 0 Å². The number of esters is 1. The molecule has 2 rings (SSSR count). The molecule has 1 aromatic heterocycles. The van der Waals surface area contributed by atoms with Gasteiger partial charge in [0.1, 0.15) is 0 Å². The van der Waals surface area contributed by atoms with E-state index in [1.807, 2.05) is 38.1 Å². The zero-order chi connectivity index (χ0) is 15.2. The van der Waals surface area contributed by atoms with Crippen LogP contribution in [0.2, 0.25) is 0 Å². The molecule has 0 N–H and O–H groups in total. The molecule has 1 atom stereocenters. The van der Waals surface area contributed by atoms with Gasteiger partial charge in [0.2, 0.25) is 11.7 Å². The minimum atomic E-state index is -0.208. The van der Waals surface area contributed by atoms with E-state index in [1.54, 1.807) is 11.8 Å². The molecule has 0 spiro atoms. The summed E-state index contributed by atoms with van der Waals surface area (Å²) in [4.78, 5) is 15.5. The summed E-state index contributed by atoms with van der Waals surface area (Å²) in [5.41, 5.74) is 2.12. The first-order chi connectivity index (χ1) is 10.1. The number of thioether (sulfide) groups is 1. The normalized spacial score (nSPS) is 12.1. The Bertz CT molecular complexity index is 595. The maximum atomic E-state index is 11.2. The van der Waals surface area contributed by atoms with E-state index >= 15 is 0 Å². The van der Waals surface area contributed by atoms with Gasteiger partial charge in [0, 0.05) is 10.8 Å². The van der Waals surface area contributed by atoms with E-state index < -0.39 is 0 Å². The summed E-state index contributed by atoms with van der Waals surface area (Å²) in [5, 5.41) is 4.13. The quantitative estimate of drug-likeness (QED) is 0.763. The minimum Gasteiger partial charge on any atom is -0.469 e. The molecule has 0 saturated carbocycles. The van der Waals surface area contributed by atoms with Crippen LogP contribution in [-0.2, 0) is 15.3 Å². The maximum Gasteiger partial charge on any atom is 0.306 e. The Labute approximate surface area is 128 Å². The van der Waals surface area contributed by atoms with Crippen LogP contribution in [0.4, 0.5) is 0 Å². The smallest absolute Gasteiger partial charge is 0.306 e. The predicted molar refractivity (Wildman–Crippen MR) is 81.9 cm³/mol. The fourth-order valence-electron chi connectivity index (χ4n) is 1.72. The Morgan fingerprint density at radius 3 is 2.76 bits per heavy atom. The van der Waals surface area contributed by atoms with Crippen LogP contribution in [0.5, 0.6) is 0 Å². The van der Waals surface area contributed by atoms with Gasteiger partial charge in [-0.15, -0.1) is 11.8 Å². The van der Waals surface area contributed by atoms with Crippen molar-refractivity contribution in [1.29, 1.82) is 0 Å². The standard InChI is InChI=1S/C15H18N2O3S/c1-10-4-6-12(7-5-10)15-16-13(20-17-15)9-21-11(2)8-14(18)19-3/h4-7,11H,8-9H2,1-3H3. The first-order valence-corrected chi connectivity index (χ1v) is 7.71. The number of ether oxygens (including phenoxy) is 1. The highest BCUT2D eigenvalue weighted by molar-refractivity contribution is 7.99. The largest absolute Gasteiger partial charge is 0.469 e. The summed E-state index contributed by atoms with van der Waals surface area (Å²) in [7, 11) is 1.39. The van der Waals surface area contributed by atoms with Crippen LogP contribution in [0, 0.1) is 6.92 Å². The predicted octanol–water partition coefficient (Wildman–Crippen LogP) is 3.23. The van der Waals surface area contributed by atoms with E-state index in [9.17, 15) is 4.79 Å². The van der Waals surface area contributed by atoms with Crippen molar-refractivity contribution in [2.45, 2.75) is 31.3 Å². The molecule has 5 nitrogen and oxygen atoms in total. The molecule has 6 heteroatoms. The Kier molecular flexibility index (Phi) is 5.38. The van der Waals surface area contributed by atoms with Gasteiger partial charge in [-0.3, -0.25) is 4.79 Å². The molecule has 0 aliphatic rings. The number of aryl methyl sites for hydroxylation is 1. The average Bonchev–Trinajstić information content (AvgIpc) is 2.94. The Balaban J connectivity index is 1.91. The molecule has 1 aromatic carbocycles. The summed E-state index contributed by atoms with van der Waals surface area (Å²) in [6.07, 6.45) is 0.375. The SMILES string of the molecule is COC(=O)CC(C)SCc1nc(-c2ccc(C)cc2)no1. The minimum absolute atomic E-state index is 0.146. The molecule has 0 fully saturated rings. The molecular weight excluding hydrogens is 288 g/mol. The third-order valence-corrected chi connectivity index (χ3v) is 4.10. The molecule has 0 saturated heterocycles. The van der Waals surface area contributed by atoms with Gasteiger partial charge < -0.3 is 9.26 Å². The van der Waals surface area contributed by atoms with Gasteiger partial charge in [-0.25, -0.2) is 0 Å². The van der Waals surface area contributed by atoms with Crippen LogP contribution >= 0.6 is 11.8 Å².